The van der Waals surface area contributed by atoms with Gasteiger partial charge in [0.2, 0.25) is 0 Å². The van der Waals surface area contributed by atoms with Gasteiger partial charge in [-0.1, -0.05) is 6.07 Å². The van der Waals surface area contributed by atoms with Gasteiger partial charge in [0.25, 0.3) is 5.91 Å². The standard InChI is InChI=1S/C30H31FN6O5/c1-30(2,3)42-29(40)37-16-22-21(24-14-33-26-12-18(31)8-9-36(24)26)5-6-23(27(22)28(37)39)34-25-7-4-19(13-32-25)35-10-11-41-20(15-35)17-38/h4-9,12-14,20,38H,10-11,15-17H2,1-3H3,(H,32,34). The normalized spacial score (nSPS) is 17.1. The Morgan fingerprint density at radius 2 is 2.02 bits per heavy atom. The van der Waals surface area contributed by atoms with Crippen LogP contribution in [0, 0.1) is 5.82 Å². The third kappa shape index (κ3) is 5.26. The molecule has 12 heteroatoms. The van der Waals surface area contributed by atoms with Crippen LogP contribution in [0.2, 0.25) is 0 Å². The predicted octanol–water partition coefficient (Wildman–Crippen LogP) is 4.37. The molecule has 0 bridgehead atoms. The molecule has 1 unspecified atom stereocenters. The number of aliphatic hydroxyl groups is 1. The second-order valence-electron chi connectivity index (χ2n) is 11.3. The Hall–Kier alpha value is -4.55. The van der Waals surface area contributed by atoms with E-state index in [0.29, 0.717) is 59.2 Å². The van der Waals surface area contributed by atoms with Crippen molar-refractivity contribution in [3.63, 3.8) is 0 Å². The Bertz CT molecular complexity index is 1670. The van der Waals surface area contributed by atoms with Crippen molar-refractivity contribution in [2.24, 2.45) is 0 Å². The number of ether oxygens (including phenoxy) is 2. The molecule has 2 amide bonds. The second-order valence-corrected chi connectivity index (χ2v) is 11.3. The number of aromatic nitrogens is 3. The Morgan fingerprint density at radius 3 is 2.76 bits per heavy atom. The van der Waals surface area contributed by atoms with Crippen LogP contribution < -0.4 is 10.2 Å². The van der Waals surface area contributed by atoms with Crippen molar-refractivity contribution in [1.29, 1.82) is 0 Å². The lowest BCUT2D eigenvalue weighted by Crippen LogP contribution is -2.44. The number of pyridine rings is 2. The highest BCUT2D eigenvalue weighted by atomic mass is 19.1. The summed E-state index contributed by atoms with van der Waals surface area (Å²) in [5, 5.41) is 12.7. The number of amides is 2. The van der Waals surface area contributed by atoms with Crippen molar-refractivity contribution < 1.29 is 28.6 Å². The first-order valence-electron chi connectivity index (χ1n) is 13.7. The molecule has 0 radical (unpaired) electrons. The summed E-state index contributed by atoms with van der Waals surface area (Å²) in [5.41, 5.74) is 3.27. The average molecular weight is 575 g/mol. The number of aliphatic hydroxyl groups excluding tert-OH is 1. The van der Waals surface area contributed by atoms with Crippen LogP contribution in [-0.2, 0) is 16.0 Å². The summed E-state index contributed by atoms with van der Waals surface area (Å²) in [6, 6.07) is 9.99. The molecule has 42 heavy (non-hydrogen) atoms. The maximum Gasteiger partial charge on any atom is 0.417 e. The molecule has 11 nitrogen and oxygen atoms in total. The van der Waals surface area contributed by atoms with Gasteiger partial charge in [-0.15, -0.1) is 0 Å². The van der Waals surface area contributed by atoms with Crippen molar-refractivity contribution in [1.82, 2.24) is 19.3 Å². The van der Waals surface area contributed by atoms with Gasteiger partial charge in [-0.05, 0) is 50.6 Å². The van der Waals surface area contributed by atoms with Gasteiger partial charge in [0.1, 0.15) is 22.9 Å². The molecule has 2 aliphatic heterocycles. The van der Waals surface area contributed by atoms with Crippen LogP contribution in [0.5, 0.6) is 0 Å². The number of nitrogens with one attached hydrogen (secondary N) is 1. The summed E-state index contributed by atoms with van der Waals surface area (Å²) < 4.78 is 26.6. The van der Waals surface area contributed by atoms with E-state index < -0.39 is 23.4 Å². The fourth-order valence-electron chi connectivity index (χ4n) is 5.23. The zero-order valence-corrected chi connectivity index (χ0v) is 23.5. The lowest BCUT2D eigenvalue weighted by molar-refractivity contribution is 0.00355. The van der Waals surface area contributed by atoms with E-state index in [1.165, 1.54) is 12.1 Å². The minimum atomic E-state index is -0.787. The van der Waals surface area contributed by atoms with Gasteiger partial charge in [0.15, 0.2) is 0 Å². The van der Waals surface area contributed by atoms with Crippen LogP contribution in [0.4, 0.5) is 26.4 Å². The van der Waals surface area contributed by atoms with Crippen molar-refractivity contribution in [2.75, 3.05) is 36.5 Å². The van der Waals surface area contributed by atoms with Crippen LogP contribution in [0.3, 0.4) is 0 Å². The van der Waals surface area contributed by atoms with Gasteiger partial charge >= 0.3 is 6.09 Å². The van der Waals surface area contributed by atoms with E-state index >= 15 is 0 Å². The van der Waals surface area contributed by atoms with Gasteiger partial charge in [-0.2, -0.15) is 0 Å². The fourth-order valence-corrected chi connectivity index (χ4v) is 5.23. The lowest BCUT2D eigenvalue weighted by atomic mass is 9.99. The first-order valence-corrected chi connectivity index (χ1v) is 13.7. The highest BCUT2D eigenvalue weighted by molar-refractivity contribution is 6.11. The molecule has 0 aliphatic carbocycles. The van der Waals surface area contributed by atoms with Crippen molar-refractivity contribution in [3.8, 4) is 11.3 Å². The lowest BCUT2D eigenvalue weighted by Gasteiger charge is -2.33. The second kappa shape index (κ2) is 10.7. The minimum Gasteiger partial charge on any atom is -0.443 e. The first kappa shape index (κ1) is 27.6. The molecule has 2 N–H and O–H groups in total. The summed E-state index contributed by atoms with van der Waals surface area (Å²) in [5.74, 6) is -0.394. The quantitative estimate of drug-likeness (QED) is 0.358. The Kier molecular flexibility index (Phi) is 7.03. The third-order valence-electron chi connectivity index (χ3n) is 7.17. The average Bonchev–Trinajstić information content (AvgIpc) is 3.54. The van der Waals surface area contributed by atoms with E-state index in [2.05, 4.69) is 20.2 Å². The summed E-state index contributed by atoms with van der Waals surface area (Å²) in [7, 11) is 0. The number of halogens is 1. The monoisotopic (exact) mass is 574 g/mol. The number of fused-ring (bicyclic) bond motifs is 2. The third-order valence-corrected chi connectivity index (χ3v) is 7.17. The summed E-state index contributed by atoms with van der Waals surface area (Å²) in [6.07, 6.45) is 3.93. The molecule has 5 heterocycles. The Labute approximate surface area is 241 Å². The van der Waals surface area contributed by atoms with E-state index in [1.54, 1.807) is 49.8 Å². The molecular formula is C30H31FN6O5. The number of hydrogen-bond acceptors (Lipinski definition) is 9. The van der Waals surface area contributed by atoms with Crippen LogP contribution in [0.15, 0.2) is 55.0 Å². The van der Waals surface area contributed by atoms with Crippen LogP contribution in [0.1, 0.15) is 36.7 Å². The SMILES string of the molecule is CC(C)(C)OC(=O)N1Cc2c(-c3cnc4cc(F)ccn34)ccc(Nc3ccc(N4CCOC(CO)C4)cn3)c2C1=O. The van der Waals surface area contributed by atoms with E-state index in [0.717, 1.165) is 10.6 Å². The zero-order valence-electron chi connectivity index (χ0n) is 23.5. The molecule has 1 saturated heterocycles. The number of carbonyl (C=O) groups excluding carboxylic acids is 2. The van der Waals surface area contributed by atoms with Crippen LogP contribution >= 0.6 is 0 Å². The molecule has 3 aromatic heterocycles. The van der Waals surface area contributed by atoms with Gasteiger partial charge in [0.05, 0.1) is 60.9 Å². The van der Waals surface area contributed by atoms with Crippen molar-refractivity contribution in [2.45, 2.75) is 39.0 Å². The number of anilines is 3. The number of imide groups is 1. The Balaban J connectivity index is 1.35. The van der Waals surface area contributed by atoms with Crippen molar-refractivity contribution in [3.05, 3.63) is 71.9 Å². The largest absolute Gasteiger partial charge is 0.443 e. The number of benzene rings is 1. The highest BCUT2D eigenvalue weighted by Gasteiger charge is 2.39. The number of rotatable bonds is 5. The van der Waals surface area contributed by atoms with E-state index in [9.17, 15) is 19.1 Å². The van der Waals surface area contributed by atoms with E-state index in [4.69, 9.17) is 9.47 Å². The smallest absolute Gasteiger partial charge is 0.417 e. The summed E-state index contributed by atoms with van der Waals surface area (Å²) in [4.78, 5) is 38.9. The van der Waals surface area contributed by atoms with Gasteiger partial charge in [-0.3, -0.25) is 9.20 Å². The van der Waals surface area contributed by atoms with E-state index in [1.807, 2.05) is 18.2 Å². The summed E-state index contributed by atoms with van der Waals surface area (Å²) >= 11 is 0. The van der Waals surface area contributed by atoms with Crippen LogP contribution in [0.25, 0.3) is 16.9 Å². The number of nitrogens with zero attached hydrogens (tertiary/aromatic N) is 5. The zero-order chi connectivity index (χ0) is 29.6. The van der Waals surface area contributed by atoms with Gasteiger partial charge in [0, 0.05) is 30.9 Å². The molecule has 1 fully saturated rings. The number of hydrogen-bond donors (Lipinski definition) is 2. The molecule has 4 aromatic rings. The first-order chi connectivity index (χ1) is 20.1. The molecular weight excluding hydrogens is 543 g/mol. The highest BCUT2D eigenvalue weighted by Crippen LogP contribution is 2.39. The molecule has 1 atom stereocenters. The van der Waals surface area contributed by atoms with Crippen molar-refractivity contribution >= 4 is 34.8 Å². The fraction of sp³-hybridized carbons (Fsp3) is 0.333. The maximum absolute atomic E-state index is 13.8. The Morgan fingerprint density at radius 1 is 1.19 bits per heavy atom. The number of morpholine rings is 1. The topological polar surface area (TPSA) is 122 Å². The van der Waals surface area contributed by atoms with Crippen LogP contribution in [-0.4, -0.2) is 74.4 Å². The molecule has 6 rings (SSSR count). The van der Waals surface area contributed by atoms with Gasteiger partial charge < -0.3 is 24.8 Å². The van der Waals surface area contributed by atoms with Gasteiger partial charge in [-0.25, -0.2) is 24.1 Å². The molecule has 2 aliphatic rings. The molecule has 0 saturated carbocycles. The molecule has 218 valence electrons. The predicted molar refractivity (Wildman–Crippen MR) is 153 cm³/mol. The minimum absolute atomic E-state index is 0.00220. The maximum atomic E-state index is 13.8. The number of carbonyl (C=O) groups is 2. The summed E-state index contributed by atoms with van der Waals surface area (Å²) in [6.45, 7) is 6.93. The molecule has 0 spiro atoms. The molecule has 1 aromatic carbocycles. The number of imidazole rings is 1. The van der Waals surface area contributed by atoms with E-state index in [-0.39, 0.29) is 19.3 Å².